The molecule has 8 heteroatoms. The Kier molecular flexibility index (Phi) is 3.54. The van der Waals surface area contributed by atoms with E-state index >= 15 is 0 Å². The number of aliphatic carboxylic acids is 1. The molecule has 1 amide bonds. The molecule has 0 spiro atoms. The standard InChI is InChI=1S/C13H16N2O5S/c1-13(2)9(10(13)12(17)18)11(16)15-7-4-3-5-8(6-7)21(14,19)20/h3-6,9-10H,1-2H3,(H,15,16)(H,17,18)(H2,14,19,20). The maximum atomic E-state index is 12.1. The summed E-state index contributed by atoms with van der Waals surface area (Å²) in [5, 5.41) is 16.6. The van der Waals surface area contributed by atoms with E-state index in [1.165, 1.54) is 24.3 Å². The van der Waals surface area contributed by atoms with E-state index in [-0.39, 0.29) is 10.6 Å². The Morgan fingerprint density at radius 1 is 1.29 bits per heavy atom. The number of nitrogens with two attached hydrogens (primary N) is 1. The quantitative estimate of drug-likeness (QED) is 0.751. The molecular weight excluding hydrogens is 296 g/mol. The number of rotatable bonds is 4. The molecule has 21 heavy (non-hydrogen) atoms. The van der Waals surface area contributed by atoms with Crippen LogP contribution in [0, 0.1) is 17.3 Å². The molecule has 1 fully saturated rings. The summed E-state index contributed by atoms with van der Waals surface area (Å²) in [5.74, 6) is -2.84. The molecule has 0 radical (unpaired) electrons. The van der Waals surface area contributed by atoms with Gasteiger partial charge in [0.25, 0.3) is 0 Å². The monoisotopic (exact) mass is 312 g/mol. The zero-order valence-electron chi connectivity index (χ0n) is 11.5. The first-order valence-corrected chi connectivity index (χ1v) is 7.76. The summed E-state index contributed by atoms with van der Waals surface area (Å²) in [5.41, 5.74) is -0.355. The van der Waals surface area contributed by atoms with Gasteiger partial charge < -0.3 is 10.4 Å². The predicted octanol–water partition coefficient (Wildman–Crippen LogP) is 0.629. The number of carboxylic acid groups (broad SMARTS) is 1. The van der Waals surface area contributed by atoms with E-state index in [1.54, 1.807) is 13.8 Å². The summed E-state index contributed by atoms with van der Waals surface area (Å²) >= 11 is 0. The minimum atomic E-state index is -3.86. The third-order valence-electron chi connectivity index (χ3n) is 3.81. The number of amides is 1. The number of benzene rings is 1. The Morgan fingerprint density at radius 2 is 1.90 bits per heavy atom. The van der Waals surface area contributed by atoms with E-state index in [1.807, 2.05) is 0 Å². The van der Waals surface area contributed by atoms with Gasteiger partial charge in [-0.05, 0) is 23.6 Å². The zero-order valence-corrected chi connectivity index (χ0v) is 12.3. The molecule has 1 saturated carbocycles. The number of primary sulfonamides is 1. The van der Waals surface area contributed by atoms with Gasteiger partial charge in [0.15, 0.2) is 0 Å². The van der Waals surface area contributed by atoms with E-state index in [0.29, 0.717) is 0 Å². The van der Waals surface area contributed by atoms with Gasteiger partial charge in [-0.15, -0.1) is 0 Å². The van der Waals surface area contributed by atoms with Crippen LogP contribution in [-0.2, 0) is 19.6 Å². The van der Waals surface area contributed by atoms with Crippen LogP contribution in [-0.4, -0.2) is 25.4 Å². The summed E-state index contributed by atoms with van der Waals surface area (Å²) in [6.07, 6.45) is 0. The highest BCUT2D eigenvalue weighted by Crippen LogP contribution is 2.58. The smallest absolute Gasteiger partial charge is 0.307 e. The average Bonchev–Trinajstić information content (AvgIpc) is 2.92. The molecule has 0 bridgehead atoms. The highest BCUT2D eigenvalue weighted by atomic mass is 32.2. The van der Waals surface area contributed by atoms with Gasteiger partial charge in [0.05, 0.1) is 16.7 Å². The Balaban J connectivity index is 2.17. The topological polar surface area (TPSA) is 127 Å². The van der Waals surface area contributed by atoms with Crippen molar-refractivity contribution >= 4 is 27.6 Å². The fraction of sp³-hybridized carbons (Fsp3) is 0.385. The van der Waals surface area contributed by atoms with Crippen LogP contribution in [0.25, 0.3) is 0 Å². The number of hydrogen-bond donors (Lipinski definition) is 3. The van der Waals surface area contributed by atoms with Gasteiger partial charge in [-0.25, -0.2) is 13.6 Å². The van der Waals surface area contributed by atoms with Crippen LogP contribution in [0.4, 0.5) is 5.69 Å². The Morgan fingerprint density at radius 3 is 2.38 bits per heavy atom. The fourth-order valence-electron chi connectivity index (χ4n) is 2.56. The minimum absolute atomic E-state index is 0.120. The maximum absolute atomic E-state index is 12.1. The van der Waals surface area contributed by atoms with Gasteiger partial charge in [-0.1, -0.05) is 19.9 Å². The van der Waals surface area contributed by atoms with Crippen molar-refractivity contribution in [2.75, 3.05) is 5.32 Å². The minimum Gasteiger partial charge on any atom is -0.481 e. The Labute approximate surface area is 122 Å². The van der Waals surface area contributed by atoms with Crippen LogP contribution < -0.4 is 10.5 Å². The van der Waals surface area contributed by atoms with E-state index < -0.39 is 39.2 Å². The van der Waals surface area contributed by atoms with Gasteiger partial charge in [0.2, 0.25) is 15.9 Å². The number of sulfonamides is 1. The van der Waals surface area contributed by atoms with Crippen molar-refractivity contribution < 1.29 is 23.1 Å². The normalized spacial score (nSPS) is 23.4. The van der Waals surface area contributed by atoms with Crippen molar-refractivity contribution in [3.63, 3.8) is 0 Å². The first-order valence-electron chi connectivity index (χ1n) is 6.21. The maximum Gasteiger partial charge on any atom is 0.307 e. The molecule has 4 N–H and O–H groups in total. The van der Waals surface area contributed by atoms with Crippen LogP contribution in [0.15, 0.2) is 29.2 Å². The molecule has 1 aliphatic carbocycles. The molecule has 2 atom stereocenters. The lowest BCUT2D eigenvalue weighted by molar-refractivity contribution is -0.140. The second-order valence-electron chi connectivity index (χ2n) is 5.68. The highest BCUT2D eigenvalue weighted by Gasteiger charge is 2.65. The van der Waals surface area contributed by atoms with Crippen LogP contribution >= 0.6 is 0 Å². The number of carbonyl (C=O) groups excluding carboxylic acids is 1. The summed E-state index contributed by atoms with van der Waals surface area (Å²) < 4.78 is 22.5. The van der Waals surface area contributed by atoms with Crippen molar-refractivity contribution in [3.8, 4) is 0 Å². The van der Waals surface area contributed by atoms with Crippen molar-refractivity contribution in [1.29, 1.82) is 0 Å². The summed E-state index contributed by atoms with van der Waals surface area (Å²) in [6, 6.07) is 5.50. The first kappa shape index (κ1) is 15.5. The largest absolute Gasteiger partial charge is 0.481 e. The molecule has 0 aliphatic heterocycles. The Hall–Kier alpha value is -1.93. The van der Waals surface area contributed by atoms with E-state index in [0.717, 1.165) is 0 Å². The summed E-state index contributed by atoms with van der Waals surface area (Å²) in [7, 11) is -3.86. The molecule has 2 unspecified atom stereocenters. The van der Waals surface area contributed by atoms with Crippen molar-refractivity contribution in [3.05, 3.63) is 24.3 Å². The average molecular weight is 312 g/mol. The van der Waals surface area contributed by atoms with Crippen molar-refractivity contribution in [1.82, 2.24) is 0 Å². The molecule has 2 rings (SSSR count). The highest BCUT2D eigenvalue weighted by molar-refractivity contribution is 7.89. The van der Waals surface area contributed by atoms with Gasteiger partial charge in [0.1, 0.15) is 0 Å². The molecule has 0 heterocycles. The number of carboxylic acids is 1. The number of carbonyl (C=O) groups is 2. The van der Waals surface area contributed by atoms with Crippen LogP contribution in [0.2, 0.25) is 0 Å². The summed E-state index contributed by atoms with van der Waals surface area (Å²) in [4.78, 5) is 23.0. The van der Waals surface area contributed by atoms with E-state index in [9.17, 15) is 18.0 Å². The number of nitrogens with one attached hydrogen (secondary N) is 1. The SMILES string of the molecule is CC1(C)C(C(=O)O)C1C(=O)Nc1cccc(S(N)(=O)=O)c1. The van der Waals surface area contributed by atoms with Gasteiger partial charge >= 0.3 is 5.97 Å². The van der Waals surface area contributed by atoms with Gasteiger partial charge in [-0.2, -0.15) is 0 Å². The van der Waals surface area contributed by atoms with Crippen molar-refractivity contribution in [2.45, 2.75) is 18.7 Å². The van der Waals surface area contributed by atoms with E-state index in [4.69, 9.17) is 10.2 Å². The molecule has 0 saturated heterocycles. The van der Waals surface area contributed by atoms with Gasteiger partial charge in [-0.3, -0.25) is 9.59 Å². The summed E-state index contributed by atoms with van der Waals surface area (Å²) in [6.45, 7) is 3.41. The lowest BCUT2D eigenvalue weighted by Gasteiger charge is -2.07. The van der Waals surface area contributed by atoms with Crippen molar-refractivity contribution in [2.24, 2.45) is 22.4 Å². The first-order chi connectivity index (χ1) is 9.55. The molecule has 0 aromatic heterocycles. The van der Waals surface area contributed by atoms with Crippen LogP contribution in [0.1, 0.15) is 13.8 Å². The number of hydrogen-bond acceptors (Lipinski definition) is 4. The molecule has 114 valence electrons. The molecule has 1 aromatic rings. The third kappa shape index (κ3) is 2.91. The zero-order chi connectivity index (χ0) is 16.0. The number of anilines is 1. The molecule has 7 nitrogen and oxygen atoms in total. The lowest BCUT2D eigenvalue weighted by atomic mass is 10.1. The predicted molar refractivity (Wildman–Crippen MR) is 74.8 cm³/mol. The lowest BCUT2D eigenvalue weighted by Crippen LogP contribution is -2.18. The third-order valence-corrected chi connectivity index (χ3v) is 4.72. The fourth-order valence-corrected chi connectivity index (χ4v) is 3.12. The molecule has 1 aliphatic rings. The van der Waals surface area contributed by atoms with Crippen LogP contribution in [0.5, 0.6) is 0 Å². The van der Waals surface area contributed by atoms with E-state index in [2.05, 4.69) is 5.32 Å². The molecule has 1 aromatic carbocycles. The van der Waals surface area contributed by atoms with Gasteiger partial charge in [0, 0.05) is 5.69 Å². The second-order valence-corrected chi connectivity index (χ2v) is 7.24. The van der Waals surface area contributed by atoms with Crippen LogP contribution in [0.3, 0.4) is 0 Å². The Bertz CT molecular complexity index is 711. The molecular formula is C13H16N2O5S. The second kappa shape index (κ2) is 4.81.